The van der Waals surface area contributed by atoms with Crippen LogP contribution in [0.4, 0.5) is 0 Å². The van der Waals surface area contributed by atoms with Crippen molar-refractivity contribution >= 4 is 5.91 Å². The van der Waals surface area contributed by atoms with Gasteiger partial charge in [-0.05, 0) is 18.6 Å². The van der Waals surface area contributed by atoms with Gasteiger partial charge in [0.15, 0.2) is 0 Å². The molecule has 3 heterocycles. The maximum absolute atomic E-state index is 12.3. The maximum atomic E-state index is 12.3. The highest BCUT2D eigenvalue weighted by atomic mass is 16.5. The fraction of sp³-hybridized carbons (Fsp3) is 0.600. The molecule has 5 nitrogen and oxygen atoms in total. The Morgan fingerprint density at radius 2 is 2.35 bits per heavy atom. The molecule has 1 atom stereocenters. The molecular weight excluding hydrogens is 254 g/mol. The number of nitrogens with zero attached hydrogens (tertiary/aromatic N) is 2. The summed E-state index contributed by atoms with van der Waals surface area (Å²) in [5.74, 6) is 0.785. The third kappa shape index (κ3) is 3.16. The SMILES string of the molecule is O=C(C1CNC1)N1CCOC[C@H](Cc2ccccn2)C1. The summed E-state index contributed by atoms with van der Waals surface area (Å²) < 4.78 is 5.65. The fourth-order valence-corrected chi connectivity index (χ4v) is 2.74. The minimum Gasteiger partial charge on any atom is -0.379 e. The Morgan fingerprint density at radius 3 is 3.05 bits per heavy atom. The number of rotatable bonds is 3. The van der Waals surface area contributed by atoms with Gasteiger partial charge >= 0.3 is 0 Å². The number of hydrogen-bond donors (Lipinski definition) is 1. The first-order valence-corrected chi connectivity index (χ1v) is 7.30. The summed E-state index contributed by atoms with van der Waals surface area (Å²) in [4.78, 5) is 18.7. The first kappa shape index (κ1) is 13.5. The lowest BCUT2D eigenvalue weighted by Crippen LogP contribution is -2.53. The number of amides is 1. The third-order valence-corrected chi connectivity index (χ3v) is 4.00. The third-order valence-electron chi connectivity index (χ3n) is 4.00. The van der Waals surface area contributed by atoms with Crippen molar-refractivity contribution in [2.45, 2.75) is 6.42 Å². The average molecular weight is 275 g/mol. The maximum Gasteiger partial charge on any atom is 0.228 e. The Bertz CT molecular complexity index is 448. The van der Waals surface area contributed by atoms with Gasteiger partial charge in [0.25, 0.3) is 0 Å². The van der Waals surface area contributed by atoms with Crippen molar-refractivity contribution in [1.29, 1.82) is 0 Å². The van der Waals surface area contributed by atoms with Crippen LogP contribution >= 0.6 is 0 Å². The second-order valence-electron chi connectivity index (χ2n) is 5.61. The molecule has 20 heavy (non-hydrogen) atoms. The minimum atomic E-state index is 0.170. The largest absolute Gasteiger partial charge is 0.379 e. The van der Waals surface area contributed by atoms with Crippen LogP contribution in [0.1, 0.15) is 5.69 Å². The van der Waals surface area contributed by atoms with Crippen LogP contribution in [0.15, 0.2) is 24.4 Å². The van der Waals surface area contributed by atoms with Crippen molar-refractivity contribution in [2.75, 3.05) is 39.4 Å². The molecule has 0 unspecified atom stereocenters. The van der Waals surface area contributed by atoms with Gasteiger partial charge in [0, 0.05) is 44.0 Å². The monoisotopic (exact) mass is 275 g/mol. The zero-order valence-electron chi connectivity index (χ0n) is 11.6. The van der Waals surface area contributed by atoms with Crippen molar-refractivity contribution in [2.24, 2.45) is 11.8 Å². The molecule has 1 amide bonds. The minimum absolute atomic E-state index is 0.170. The van der Waals surface area contributed by atoms with E-state index in [2.05, 4.69) is 10.3 Å². The summed E-state index contributed by atoms with van der Waals surface area (Å²) in [6.07, 6.45) is 2.68. The van der Waals surface area contributed by atoms with E-state index in [0.29, 0.717) is 25.7 Å². The molecule has 0 aliphatic carbocycles. The number of nitrogens with one attached hydrogen (secondary N) is 1. The van der Waals surface area contributed by atoms with E-state index < -0.39 is 0 Å². The molecule has 1 N–H and O–H groups in total. The summed E-state index contributed by atoms with van der Waals surface area (Å²) in [5, 5.41) is 3.16. The van der Waals surface area contributed by atoms with Crippen molar-refractivity contribution in [3.63, 3.8) is 0 Å². The van der Waals surface area contributed by atoms with E-state index in [1.54, 1.807) is 0 Å². The first-order chi connectivity index (χ1) is 9.83. The zero-order chi connectivity index (χ0) is 13.8. The molecule has 2 aliphatic heterocycles. The standard InChI is InChI=1S/C15H21N3O2/c19-15(13-8-16-9-13)18-5-6-20-11-12(10-18)7-14-3-1-2-4-17-14/h1-4,12-13,16H,5-11H2/t12-/m1/s1. The van der Waals surface area contributed by atoms with Gasteiger partial charge in [-0.1, -0.05) is 6.07 Å². The molecule has 0 radical (unpaired) electrons. The van der Waals surface area contributed by atoms with Crippen molar-refractivity contribution < 1.29 is 9.53 Å². The van der Waals surface area contributed by atoms with Gasteiger partial charge in [-0.25, -0.2) is 0 Å². The van der Waals surface area contributed by atoms with Crippen LogP contribution in [0.5, 0.6) is 0 Å². The summed E-state index contributed by atoms with van der Waals surface area (Å²) in [5.41, 5.74) is 1.07. The molecule has 2 fully saturated rings. The van der Waals surface area contributed by atoms with E-state index in [0.717, 1.165) is 31.7 Å². The predicted molar refractivity (Wildman–Crippen MR) is 75.2 cm³/mol. The Balaban J connectivity index is 1.61. The molecule has 2 aliphatic rings. The smallest absolute Gasteiger partial charge is 0.228 e. The number of pyridine rings is 1. The van der Waals surface area contributed by atoms with E-state index in [1.807, 2.05) is 29.3 Å². The number of ether oxygens (including phenoxy) is 1. The van der Waals surface area contributed by atoms with Crippen molar-refractivity contribution in [3.05, 3.63) is 30.1 Å². The van der Waals surface area contributed by atoms with E-state index in [4.69, 9.17) is 4.74 Å². The van der Waals surface area contributed by atoms with Crippen LogP contribution in [0.2, 0.25) is 0 Å². The van der Waals surface area contributed by atoms with Crippen LogP contribution in [-0.2, 0) is 16.0 Å². The van der Waals surface area contributed by atoms with Crippen LogP contribution in [0.3, 0.4) is 0 Å². The quantitative estimate of drug-likeness (QED) is 0.863. The van der Waals surface area contributed by atoms with E-state index in [1.165, 1.54) is 0 Å². The average Bonchev–Trinajstić information content (AvgIpc) is 2.63. The Labute approximate surface area is 119 Å². The number of hydrogen-bond acceptors (Lipinski definition) is 4. The molecule has 0 saturated carbocycles. The lowest BCUT2D eigenvalue weighted by molar-refractivity contribution is -0.137. The van der Waals surface area contributed by atoms with E-state index in [-0.39, 0.29) is 11.8 Å². The van der Waals surface area contributed by atoms with Crippen LogP contribution in [0.25, 0.3) is 0 Å². The highest BCUT2D eigenvalue weighted by molar-refractivity contribution is 5.80. The highest BCUT2D eigenvalue weighted by Gasteiger charge is 2.31. The van der Waals surface area contributed by atoms with Gasteiger partial charge in [0.05, 0.1) is 19.1 Å². The fourth-order valence-electron chi connectivity index (χ4n) is 2.74. The number of carbonyl (C=O) groups is 1. The molecule has 1 aromatic rings. The summed E-state index contributed by atoms with van der Waals surface area (Å²) in [6, 6.07) is 5.96. The van der Waals surface area contributed by atoms with Crippen molar-refractivity contribution in [1.82, 2.24) is 15.2 Å². The topological polar surface area (TPSA) is 54.5 Å². The normalized spacial score (nSPS) is 24.0. The highest BCUT2D eigenvalue weighted by Crippen LogP contribution is 2.16. The Kier molecular flexibility index (Phi) is 4.28. The molecule has 3 rings (SSSR count). The molecule has 108 valence electrons. The molecular formula is C15H21N3O2. The molecule has 0 spiro atoms. The lowest BCUT2D eigenvalue weighted by Gasteiger charge is -2.32. The summed E-state index contributed by atoms with van der Waals surface area (Å²) in [7, 11) is 0. The second-order valence-corrected chi connectivity index (χ2v) is 5.61. The van der Waals surface area contributed by atoms with Gasteiger partial charge in [0.1, 0.15) is 0 Å². The van der Waals surface area contributed by atoms with Crippen LogP contribution in [-0.4, -0.2) is 55.2 Å². The van der Waals surface area contributed by atoms with Crippen molar-refractivity contribution in [3.8, 4) is 0 Å². The Hall–Kier alpha value is -1.46. The van der Waals surface area contributed by atoms with Gasteiger partial charge in [-0.2, -0.15) is 0 Å². The second kappa shape index (κ2) is 6.33. The Morgan fingerprint density at radius 1 is 1.45 bits per heavy atom. The zero-order valence-corrected chi connectivity index (χ0v) is 11.6. The summed E-state index contributed by atoms with van der Waals surface area (Å²) in [6.45, 7) is 4.50. The molecule has 2 saturated heterocycles. The van der Waals surface area contributed by atoms with Gasteiger partial charge in [-0.15, -0.1) is 0 Å². The molecule has 0 aromatic carbocycles. The molecule has 0 bridgehead atoms. The van der Waals surface area contributed by atoms with Crippen LogP contribution < -0.4 is 5.32 Å². The predicted octanol–water partition coefficient (Wildman–Crippen LogP) is 0.319. The first-order valence-electron chi connectivity index (χ1n) is 7.30. The number of aromatic nitrogens is 1. The van der Waals surface area contributed by atoms with E-state index >= 15 is 0 Å². The lowest BCUT2D eigenvalue weighted by atomic mass is 9.99. The van der Waals surface area contributed by atoms with Gasteiger partial charge in [0.2, 0.25) is 5.91 Å². The van der Waals surface area contributed by atoms with Gasteiger partial charge < -0.3 is 15.0 Å². The molecule has 1 aromatic heterocycles. The van der Waals surface area contributed by atoms with Crippen LogP contribution in [0, 0.1) is 11.8 Å². The molecule has 5 heteroatoms. The van der Waals surface area contributed by atoms with E-state index in [9.17, 15) is 4.79 Å². The van der Waals surface area contributed by atoms with Gasteiger partial charge in [-0.3, -0.25) is 9.78 Å². The number of carbonyl (C=O) groups excluding carboxylic acids is 1. The summed E-state index contributed by atoms with van der Waals surface area (Å²) >= 11 is 0.